The first kappa shape index (κ1) is 9.39. The van der Waals surface area contributed by atoms with E-state index in [9.17, 15) is 14.9 Å². The molecule has 9 nitrogen and oxygen atoms in total. The van der Waals surface area contributed by atoms with E-state index in [0.29, 0.717) is 11.0 Å². The molecule has 1 N–H and O–H groups in total. The van der Waals surface area contributed by atoms with Crippen LogP contribution in [0.25, 0.3) is 16.7 Å². The summed E-state index contributed by atoms with van der Waals surface area (Å²) in [6.07, 6.45) is 0. The van der Waals surface area contributed by atoms with Crippen molar-refractivity contribution in [1.82, 2.24) is 25.0 Å². The normalized spacial score (nSPS) is 11.1. The van der Waals surface area contributed by atoms with Crippen LogP contribution in [-0.4, -0.2) is 29.9 Å². The summed E-state index contributed by atoms with van der Waals surface area (Å²) < 4.78 is 1.23. The minimum atomic E-state index is -0.540. The Morgan fingerprint density at radius 3 is 3.00 bits per heavy atom. The maximum Gasteiger partial charge on any atom is 0.295 e. The maximum absolute atomic E-state index is 11.5. The summed E-state index contributed by atoms with van der Waals surface area (Å²) in [5.41, 5.74) is 0.245. The molecule has 0 aliphatic heterocycles. The highest BCUT2D eigenvalue weighted by atomic mass is 16.6. The molecule has 9 heteroatoms. The first-order chi connectivity index (χ1) is 8.16. The predicted molar refractivity (Wildman–Crippen MR) is 55.6 cm³/mol. The van der Waals surface area contributed by atoms with Crippen molar-refractivity contribution in [2.24, 2.45) is 0 Å². The number of non-ortho nitro benzene ring substituents is 1. The molecule has 0 fully saturated rings. The molecule has 0 saturated heterocycles. The zero-order chi connectivity index (χ0) is 12.0. The minimum absolute atomic E-state index is 0.0475. The number of nitrogens with zero attached hydrogens (tertiary/aromatic N) is 5. The molecule has 0 aliphatic carbocycles. The summed E-state index contributed by atoms with van der Waals surface area (Å²) in [7, 11) is 0. The van der Waals surface area contributed by atoms with Crippen LogP contribution in [0.4, 0.5) is 5.69 Å². The number of nitro groups is 1. The Labute approximate surface area is 91.8 Å². The van der Waals surface area contributed by atoms with Gasteiger partial charge in [0.15, 0.2) is 0 Å². The molecule has 0 bridgehead atoms. The third-order valence-electron chi connectivity index (χ3n) is 2.34. The summed E-state index contributed by atoms with van der Waals surface area (Å²) in [5, 5.41) is 21.2. The zero-order valence-corrected chi connectivity index (χ0v) is 8.19. The molecule has 2 heterocycles. The second-order valence-corrected chi connectivity index (χ2v) is 3.33. The van der Waals surface area contributed by atoms with Gasteiger partial charge in [-0.15, -0.1) is 5.10 Å². The number of aromatic nitrogens is 5. The predicted octanol–water partition coefficient (Wildman–Crippen LogP) is -0.126. The van der Waals surface area contributed by atoms with E-state index in [1.54, 1.807) is 0 Å². The third kappa shape index (κ3) is 1.25. The highest BCUT2D eigenvalue weighted by Gasteiger charge is 2.11. The number of tetrazole rings is 1. The number of rotatable bonds is 1. The van der Waals surface area contributed by atoms with Gasteiger partial charge in [-0.2, -0.15) is 4.52 Å². The van der Waals surface area contributed by atoms with Gasteiger partial charge in [0.25, 0.3) is 11.2 Å². The van der Waals surface area contributed by atoms with E-state index in [0.717, 1.165) is 0 Å². The van der Waals surface area contributed by atoms with E-state index in [1.807, 2.05) is 0 Å². The minimum Gasteiger partial charge on any atom is -0.317 e. The van der Waals surface area contributed by atoms with Crippen LogP contribution in [0.2, 0.25) is 0 Å². The van der Waals surface area contributed by atoms with Gasteiger partial charge in [0.2, 0.25) is 5.65 Å². The molecule has 0 spiro atoms. The lowest BCUT2D eigenvalue weighted by Gasteiger charge is -1.98. The van der Waals surface area contributed by atoms with Crippen LogP contribution in [-0.2, 0) is 0 Å². The van der Waals surface area contributed by atoms with Crippen LogP contribution >= 0.6 is 0 Å². The topological polar surface area (TPSA) is 119 Å². The Balaban J connectivity index is 2.50. The van der Waals surface area contributed by atoms with Crippen molar-refractivity contribution >= 4 is 22.4 Å². The summed E-state index contributed by atoms with van der Waals surface area (Å²) in [6, 6.07) is 4.06. The molecule has 0 unspecified atom stereocenters. The smallest absolute Gasteiger partial charge is 0.295 e. The third-order valence-corrected chi connectivity index (χ3v) is 2.34. The van der Waals surface area contributed by atoms with Crippen LogP contribution in [0, 0.1) is 10.1 Å². The number of fused-ring (bicyclic) bond motifs is 3. The second-order valence-electron chi connectivity index (χ2n) is 3.33. The largest absolute Gasteiger partial charge is 0.317 e. The first-order valence-electron chi connectivity index (χ1n) is 4.55. The molecule has 3 aromatic rings. The van der Waals surface area contributed by atoms with Crippen LogP contribution in [0.5, 0.6) is 0 Å². The fourth-order valence-electron chi connectivity index (χ4n) is 1.59. The molecule has 0 amide bonds. The van der Waals surface area contributed by atoms with Gasteiger partial charge in [-0.3, -0.25) is 14.9 Å². The molecule has 84 valence electrons. The Morgan fingerprint density at radius 2 is 2.24 bits per heavy atom. The van der Waals surface area contributed by atoms with Gasteiger partial charge in [0.1, 0.15) is 0 Å². The maximum atomic E-state index is 11.5. The van der Waals surface area contributed by atoms with Gasteiger partial charge in [0, 0.05) is 12.1 Å². The van der Waals surface area contributed by atoms with Crippen molar-refractivity contribution in [3.63, 3.8) is 0 Å². The van der Waals surface area contributed by atoms with Gasteiger partial charge >= 0.3 is 0 Å². The van der Waals surface area contributed by atoms with Crippen molar-refractivity contribution in [1.29, 1.82) is 0 Å². The molecule has 0 radical (unpaired) electrons. The fourth-order valence-corrected chi connectivity index (χ4v) is 1.59. The van der Waals surface area contributed by atoms with Crippen molar-refractivity contribution in [3.8, 4) is 0 Å². The Bertz CT molecular complexity index is 804. The molecular weight excluding hydrogens is 228 g/mol. The molecule has 3 rings (SSSR count). The summed E-state index contributed by atoms with van der Waals surface area (Å²) in [4.78, 5) is 24.1. The van der Waals surface area contributed by atoms with Crippen molar-refractivity contribution in [2.45, 2.75) is 0 Å². The number of benzene rings is 1. The monoisotopic (exact) mass is 232 g/mol. The van der Waals surface area contributed by atoms with Gasteiger partial charge in [-0.1, -0.05) is 0 Å². The van der Waals surface area contributed by atoms with Crippen LogP contribution in [0.15, 0.2) is 23.0 Å². The summed E-state index contributed by atoms with van der Waals surface area (Å²) >= 11 is 0. The average molecular weight is 232 g/mol. The number of hydrogen-bond acceptors (Lipinski definition) is 6. The summed E-state index contributed by atoms with van der Waals surface area (Å²) in [5.74, 6) is 0. The lowest BCUT2D eigenvalue weighted by Crippen LogP contribution is -2.11. The molecule has 1 aromatic carbocycles. The SMILES string of the molecule is O=c1[nH]c2cc([N+](=O)[O-])ccc2n2nnnc12. The Morgan fingerprint density at radius 1 is 1.41 bits per heavy atom. The molecular formula is C8H4N6O3. The quantitative estimate of drug-likeness (QED) is 0.461. The summed E-state index contributed by atoms with van der Waals surface area (Å²) in [6.45, 7) is 0. The lowest BCUT2D eigenvalue weighted by molar-refractivity contribution is -0.384. The lowest BCUT2D eigenvalue weighted by atomic mass is 10.2. The van der Waals surface area contributed by atoms with Crippen molar-refractivity contribution in [3.05, 3.63) is 38.7 Å². The van der Waals surface area contributed by atoms with Crippen molar-refractivity contribution < 1.29 is 4.92 Å². The molecule has 2 aromatic heterocycles. The molecule has 0 saturated carbocycles. The average Bonchev–Trinajstić information content (AvgIpc) is 2.78. The highest BCUT2D eigenvalue weighted by molar-refractivity contribution is 5.79. The van der Waals surface area contributed by atoms with Crippen LogP contribution in [0.3, 0.4) is 0 Å². The second kappa shape index (κ2) is 3.07. The molecule has 0 atom stereocenters. The standard InChI is InChI=1S/C8H4N6O3/c15-8-7-10-11-12-13(7)6-2-1-4(14(16)17)3-5(6)9-8/h1-3H,(H,9,15). The van der Waals surface area contributed by atoms with E-state index in [1.165, 1.54) is 22.7 Å². The van der Waals surface area contributed by atoms with E-state index in [2.05, 4.69) is 20.5 Å². The van der Waals surface area contributed by atoms with E-state index in [-0.39, 0.29) is 11.3 Å². The number of H-pyrrole nitrogens is 1. The highest BCUT2D eigenvalue weighted by Crippen LogP contribution is 2.17. The Kier molecular flexibility index (Phi) is 1.70. The number of hydrogen-bond donors (Lipinski definition) is 1. The fraction of sp³-hybridized carbons (Fsp3) is 0. The van der Waals surface area contributed by atoms with Crippen LogP contribution < -0.4 is 5.56 Å². The van der Waals surface area contributed by atoms with Crippen LogP contribution in [0.1, 0.15) is 0 Å². The van der Waals surface area contributed by atoms with E-state index >= 15 is 0 Å². The van der Waals surface area contributed by atoms with Gasteiger partial charge in [-0.05, 0) is 16.5 Å². The van der Waals surface area contributed by atoms with Gasteiger partial charge in [0.05, 0.1) is 16.0 Å². The Hall–Kier alpha value is -2.84. The van der Waals surface area contributed by atoms with Gasteiger partial charge in [-0.25, -0.2) is 0 Å². The van der Waals surface area contributed by atoms with E-state index in [4.69, 9.17) is 0 Å². The number of aromatic amines is 1. The van der Waals surface area contributed by atoms with Gasteiger partial charge < -0.3 is 4.98 Å². The number of nitrogens with one attached hydrogen (secondary N) is 1. The van der Waals surface area contributed by atoms with Crippen molar-refractivity contribution in [2.75, 3.05) is 0 Å². The van der Waals surface area contributed by atoms with E-state index < -0.39 is 10.5 Å². The zero-order valence-electron chi connectivity index (χ0n) is 8.19. The number of nitro benzene ring substituents is 1. The molecule has 0 aliphatic rings. The first-order valence-corrected chi connectivity index (χ1v) is 4.55. The molecule has 17 heavy (non-hydrogen) atoms.